The number of pyridine rings is 3. The third-order valence-corrected chi connectivity index (χ3v) is 16.3. The van der Waals surface area contributed by atoms with Crippen LogP contribution in [0.5, 0.6) is 12.0 Å². The number of nitrogens with zero attached hydrogens (tertiary/aromatic N) is 8. The van der Waals surface area contributed by atoms with E-state index >= 15 is 0 Å². The number of aliphatic hydroxyl groups is 2. The molecule has 9 heterocycles. The summed E-state index contributed by atoms with van der Waals surface area (Å²) in [7, 11) is 0. The van der Waals surface area contributed by atoms with E-state index in [1.165, 1.54) is 0 Å². The van der Waals surface area contributed by atoms with E-state index in [4.69, 9.17) is 23.0 Å². The number of imidazole rings is 3. The summed E-state index contributed by atoms with van der Waals surface area (Å²) in [6.07, 6.45) is 4.91. The molecule has 2 atom stereocenters. The summed E-state index contributed by atoms with van der Waals surface area (Å²) >= 11 is 0. The predicted octanol–water partition coefficient (Wildman–Crippen LogP) is 10.7. The number of benzene rings is 6. The van der Waals surface area contributed by atoms with Crippen LogP contribution in [-0.4, -0.2) is 113 Å². The summed E-state index contributed by atoms with van der Waals surface area (Å²) in [4.78, 5) is 59.7. The third-order valence-electron chi connectivity index (χ3n) is 16.3. The topological polar surface area (TPSA) is 299 Å². The number of fused-ring (bicyclic) bond motifs is 3. The van der Waals surface area contributed by atoms with Crippen LogP contribution < -0.4 is 27.6 Å². The summed E-state index contributed by atoms with van der Waals surface area (Å²) in [5.74, 6) is 1.83. The minimum atomic E-state index is -1.61. The van der Waals surface area contributed by atoms with Crippen LogP contribution in [0.3, 0.4) is 0 Å². The summed E-state index contributed by atoms with van der Waals surface area (Å²) in [5, 5.41) is 36.9. The van der Waals surface area contributed by atoms with Crippen LogP contribution in [0.4, 0.5) is 0 Å². The SMILES string of the molecule is CCOc1nc2c(C(=O)c3ccccn3)cc(-c3c(C)noc3C)cc2[nH]1.CCOc1nc2c(C(O)(c3ccccc3)c3ccccn3)cc(-c3c(C)noc3C)cc2[nH]1.Cc1noc(C)c1-c1cc(C(O)(c2ccccc2)c2ccccn2)c2[nH]c(=O)[nH]c2c1.[Cl-].[Mg+2].[c-]1ccccc1. The Morgan fingerprint density at radius 1 is 0.495 bits per heavy atom. The molecular weight excluding hydrogens is 1280 g/mol. The molecule has 0 fully saturated rings. The van der Waals surface area contributed by atoms with E-state index < -0.39 is 11.2 Å². The number of aromatic nitrogens is 12. The van der Waals surface area contributed by atoms with Crippen LogP contribution in [0.15, 0.2) is 219 Å². The molecule has 494 valence electrons. The van der Waals surface area contributed by atoms with Gasteiger partial charge in [-0.3, -0.25) is 19.7 Å². The molecule has 6 N–H and O–H groups in total. The van der Waals surface area contributed by atoms with Crippen LogP contribution in [0, 0.1) is 47.6 Å². The molecule has 0 saturated heterocycles. The summed E-state index contributed by atoms with van der Waals surface area (Å²) in [6.45, 7) is 15.9. The first-order chi connectivity index (χ1) is 47.1. The van der Waals surface area contributed by atoms with E-state index in [1.807, 2.05) is 207 Å². The van der Waals surface area contributed by atoms with Gasteiger partial charge in [0.15, 0.2) is 11.2 Å². The smallest absolute Gasteiger partial charge is 1.00 e. The van der Waals surface area contributed by atoms with Crippen molar-refractivity contribution in [2.75, 3.05) is 13.2 Å². The van der Waals surface area contributed by atoms with Crippen molar-refractivity contribution in [2.24, 2.45) is 0 Å². The second-order valence-corrected chi connectivity index (χ2v) is 22.6. The maximum atomic E-state index is 13.1. The fraction of sp³-hybridized carbons (Fsp3) is 0.158. The standard InChI is InChI=1S/C26H24N4O3.C24H20N4O3.C20H18N4O3.C6H5.ClH.Mg/c1-4-32-25-28-21-15-18(23-16(2)30-33-17(23)3)14-20(24(21)29-25)26(31,19-10-6-5-7-11-19)22-12-8-9-13-27-22;1-14-21(15(2)31-28-14)16-12-18(22-19(13-16)26-23(29)27-22)24(30,17-8-4-3-5-9-17)20-10-6-7-11-25-20;1-4-26-20-22-16-10-13(17-11(2)24-27-12(17)3)9-14(18(16)23-20)19(25)15-7-5-6-8-21-15;1-2-4-6-5-3-1;;/h5-15,31H,4H2,1-3H3,(H,28,29);3-13,30H,1-2H3,(H2,26,27,29);5-10H,4H2,1-3H3,(H,22,23);1-5H;1H;/q;;;-1;;+2/p-1. The number of rotatable bonds is 15. The number of hydrogen-bond acceptors (Lipinski definition) is 17. The van der Waals surface area contributed by atoms with Gasteiger partial charge in [0.2, 0.25) is 5.78 Å². The normalized spacial score (nSPS) is 12.1. The Kier molecular flexibility index (Phi) is 22.1. The molecule has 15 aromatic rings. The van der Waals surface area contributed by atoms with Crippen molar-refractivity contribution < 1.29 is 50.5 Å². The molecule has 0 bridgehead atoms. The van der Waals surface area contributed by atoms with Crippen molar-refractivity contribution in [1.29, 1.82) is 0 Å². The molecule has 0 spiro atoms. The van der Waals surface area contributed by atoms with Crippen LogP contribution >= 0.6 is 0 Å². The number of H-pyrrole nitrogens is 4. The van der Waals surface area contributed by atoms with Crippen LogP contribution in [-0.2, 0) is 11.2 Å². The summed E-state index contributed by atoms with van der Waals surface area (Å²) in [6, 6.07) is 59.5. The van der Waals surface area contributed by atoms with Gasteiger partial charge in [0, 0.05) is 46.4 Å². The molecule has 23 heteroatoms. The Morgan fingerprint density at radius 2 is 0.919 bits per heavy atom. The Labute approximate surface area is 590 Å². The second-order valence-electron chi connectivity index (χ2n) is 22.6. The number of aryl methyl sites for hydroxylation is 6. The van der Waals surface area contributed by atoms with Gasteiger partial charge < -0.3 is 65.6 Å². The van der Waals surface area contributed by atoms with E-state index in [2.05, 4.69) is 66.4 Å². The first-order valence-corrected chi connectivity index (χ1v) is 31.2. The third kappa shape index (κ3) is 14.5. The van der Waals surface area contributed by atoms with Crippen LogP contribution in [0.1, 0.15) is 97.9 Å². The molecule has 99 heavy (non-hydrogen) atoms. The minimum absolute atomic E-state index is 0. The van der Waals surface area contributed by atoms with Crippen molar-refractivity contribution >= 4 is 61.9 Å². The molecule has 0 radical (unpaired) electrons. The van der Waals surface area contributed by atoms with E-state index in [0.29, 0.717) is 115 Å². The van der Waals surface area contributed by atoms with Gasteiger partial charge in [0.25, 0.3) is 12.0 Å². The molecule has 0 aliphatic rings. The number of ketones is 1. The van der Waals surface area contributed by atoms with Crippen molar-refractivity contribution in [2.45, 2.75) is 66.6 Å². The maximum Gasteiger partial charge on any atom is 2.00 e. The van der Waals surface area contributed by atoms with Gasteiger partial charge in [0.1, 0.15) is 28.5 Å². The monoisotopic (exact) mass is 1350 g/mol. The van der Waals surface area contributed by atoms with Gasteiger partial charge in [-0.25, -0.2) is 4.79 Å². The van der Waals surface area contributed by atoms with Crippen molar-refractivity contribution in [3.8, 4) is 45.4 Å². The number of nitrogens with one attached hydrogen (secondary N) is 4. The van der Waals surface area contributed by atoms with Gasteiger partial charge >= 0.3 is 28.7 Å². The summed E-state index contributed by atoms with van der Waals surface area (Å²) in [5.41, 5.74) is 11.5. The van der Waals surface area contributed by atoms with Gasteiger partial charge in [-0.15, -0.1) is 0 Å². The van der Waals surface area contributed by atoms with Crippen LogP contribution in [0.25, 0.3) is 66.5 Å². The Hall–Kier alpha value is -11.1. The minimum Gasteiger partial charge on any atom is -1.00 e. The molecule has 0 aliphatic carbocycles. The average Bonchev–Trinajstić information content (AvgIpc) is 1.74. The molecule has 6 aromatic carbocycles. The van der Waals surface area contributed by atoms with E-state index in [0.717, 1.165) is 56.0 Å². The molecule has 0 amide bonds. The fourth-order valence-corrected chi connectivity index (χ4v) is 12.0. The van der Waals surface area contributed by atoms with Crippen molar-refractivity contribution in [3.05, 3.63) is 296 Å². The van der Waals surface area contributed by atoms with E-state index in [-0.39, 0.29) is 46.9 Å². The molecule has 0 aliphatic heterocycles. The zero-order valence-corrected chi connectivity index (χ0v) is 57.6. The number of carbonyl (C=O) groups is 1. The molecule has 21 nitrogen and oxygen atoms in total. The zero-order valence-electron chi connectivity index (χ0n) is 55.4. The van der Waals surface area contributed by atoms with E-state index in [9.17, 15) is 19.8 Å². The largest absolute Gasteiger partial charge is 2.00 e. The molecule has 2 unspecified atom stereocenters. The van der Waals surface area contributed by atoms with Gasteiger partial charge in [-0.1, -0.05) is 94.3 Å². The molecule has 0 saturated carbocycles. The number of halogens is 1. The van der Waals surface area contributed by atoms with Gasteiger partial charge in [-0.2, -0.15) is 46.4 Å². The Morgan fingerprint density at radius 3 is 1.34 bits per heavy atom. The van der Waals surface area contributed by atoms with Crippen molar-refractivity contribution in [1.82, 2.24) is 60.3 Å². The number of carbonyl (C=O) groups excluding carboxylic acids is 1. The Balaban J connectivity index is 0.000000153. The zero-order chi connectivity index (χ0) is 67.8. The number of hydrogen-bond donors (Lipinski definition) is 6. The first-order valence-electron chi connectivity index (χ1n) is 31.2. The number of aromatic amines is 4. The molecule has 9 aromatic heterocycles. The molecular formula is C76H67ClMgN12O9. The fourth-order valence-electron chi connectivity index (χ4n) is 12.0. The first kappa shape index (κ1) is 70.7. The van der Waals surface area contributed by atoms with Gasteiger partial charge in [-0.05, 0) is 156 Å². The molecule has 15 rings (SSSR count). The van der Waals surface area contributed by atoms with Crippen LogP contribution in [0.2, 0.25) is 0 Å². The quantitative estimate of drug-likeness (QED) is 0.0316. The van der Waals surface area contributed by atoms with Gasteiger partial charge in [0.05, 0.1) is 74.8 Å². The second kappa shape index (κ2) is 30.9. The van der Waals surface area contributed by atoms with Crippen molar-refractivity contribution in [3.63, 3.8) is 0 Å². The Bertz CT molecular complexity index is 5090. The summed E-state index contributed by atoms with van der Waals surface area (Å²) < 4.78 is 27.2. The predicted molar refractivity (Wildman–Crippen MR) is 373 cm³/mol. The maximum absolute atomic E-state index is 13.1. The average molecular weight is 1350 g/mol. The van der Waals surface area contributed by atoms with E-state index in [1.54, 1.807) is 48.9 Å². The number of ether oxygens (including phenoxy) is 2.